The SMILES string of the molecule is COCC1(CNC(=O)Cc2ccc(Cl)cc2)CCNCC1.Cl. The van der Waals surface area contributed by atoms with Gasteiger partial charge in [-0.1, -0.05) is 23.7 Å². The van der Waals surface area contributed by atoms with Gasteiger partial charge in [0.1, 0.15) is 0 Å². The largest absolute Gasteiger partial charge is 0.384 e. The number of hydrogen-bond acceptors (Lipinski definition) is 3. The molecule has 124 valence electrons. The summed E-state index contributed by atoms with van der Waals surface area (Å²) in [4.78, 5) is 12.1. The summed E-state index contributed by atoms with van der Waals surface area (Å²) in [5, 5.41) is 7.10. The summed E-state index contributed by atoms with van der Waals surface area (Å²) < 4.78 is 5.35. The molecule has 0 spiro atoms. The number of hydrogen-bond donors (Lipinski definition) is 2. The number of benzene rings is 1. The van der Waals surface area contributed by atoms with E-state index in [0.29, 0.717) is 24.6 Å². The van der Waals surface area contributed by atoms with E-state index >= 15 is 0 Å². The topological polar surface area (TPSA) is 50.4 Å². The number of ether oxygens (including phenoxy) is 1. The maximum atomic E-state index is 12.1. The lowest BCUT2D eigenvalue weighted by molar-refractivity contribution is -0.121. The minimum absolute atomic E-state index is 0. The number of rotatable bonds is 6. The van der Waals surface area contributed by atoms with E-state index < -0.39 is 0 Å². The fourth-order valence-electron chi connectivity index (χ4n) is 2.77. The van der Waals surface area contributed by atoms with Crippen LogP contribution >= 0.6 is 24.0 Å². The summed E-state index contributed by atoms with van der Waals surface area (Å²) in [6.45, 7) is 3.33. The van der Waals surface area contributed by atoms with Gasteiger partial charge >= 0.3 is 0 Å². The number of halogens is 2. The number of methoxy groups -OCH3 is 1. The van der Waals surface area contributed by atoms with Gasteiger partial charge in [-0.2, -0.15) is 0 Å². The summed E-state index contributed by atoms with van der Waals surface area (Å²) >= 11 is 5.84. The third-order valence-corrected chi connectivity index (χ3v) is 4.31. The molecule has 0 atom stereocenters. The lowest BCUT2D eigenvalue weighted by Crippen LogP contribution is -2.47. The predicted molar refractivity (Wildman–Crippen MR) is 91.8 cm³/mol. The first kappa shape index (κ1) is 19.2. The molecule has 4 nitrogen and oxygen atoms in total. The minimum atomic E-state index is 0. The Bertz CT molecular complexity index is 454. The van der Waals surface area contributed by atoms with Gasteiger partial charge in [0, 0.05) is 24.1 Å². The van der Waals surface area contributed by atoms with Crippen LogP contribution in [0.25, 0.3) is 0 Å². The van der Waals surface area contributed by atoms with E-state index in [0.717, 1.165) is 31.5 Å². The Balaban J connectivity index is 0.00000242. The molecule has 6 heteroatoms. The molecule has 0 aliphatic carbocycles. The molecule has 1 aromatic rings. The Morgan fingerprint density at radius 3 is 2.55 bits per heavy atom. The van der Waals surface area contributed by atoms with Crippen molar-refractivity contribution in [3.05, 3.63) is 34.9 Å². The number of piperidine rings is 1. The van der Waals surface area contributed by atoms with Crippen LogP contribution in [0.1, 0.15) is 18.4 Å². The van der Waals surface area contributed by atoms with Crippen molar-refractivity contribution in [1.82, 2.24) is 10.6 Å². The summed E-state index contributed by atoms with van der Waals surface area (Å²) in [7, 11) is 1.72. The van der Waals surface area contributed by atoms with Crippen molar-refractivity contribution in [2.24, 2.45) is 5.41 Å². The second-order valence-electron chi connectivity index (χ2n) is 5.76. The highest BCUT2D eigenvalue weighted by atomic mass is 35.5. The number of amides is 1. The summed E-state index contributed by atoms with van der Waals surface area (Å²) in [6, 6.07) is 7.39. The van der Waals surface area contributed by atoms with E-state index in [2.05, 4.69) is 10.6 Å². The zero-order chi connectivity index (χ0) is 15.1. The Hall–Kier alpha value is -0.810. The van der Waals surface area contributed by atoms with Gasteiger partial charge in [0.15, 0.2) is 0 Å². The van der Waals surface area contributed by atoms with Crippen molar-refractivity contribution < 1.29 is 9.53 Å². The monoisotopic (exact) mass is 346 g/mol. The third-order valence-electron chi connectivity index (χ3n) is 4.05. The third kappa shape index (κ3) is 5.76. The molecule has 2 N–H and O–H groups in total. The van der Waals surface area contributed by atoms with Gasteiger partial charge in [0.05, 0.1) is 13.0 Å². The van der Waals surface area contributed by atoms with Crippen molar-refractivity contribution in [2.45, 2.75) is 19.3 Å². The quantitative estimate of drug-likeness (QED) is 0.831. The lowest BCUT2D eigenvalue weighted by Gasteiger charge is -2.37. The molecule has 1 aromatic carbocycles. The molecule has 1 heterocycles. The molecule has 22 heavy (non-hydrogen) atoms. The van der Waals surface area contributed by atoms with E-state index in [1.807, 2.05) is 24.3 Å². The fraction of sp³-hybridized carbons (Fsp3) is 0.562. The zero-order valence-electron chi connectivity index (χ0n) is 12.9. The van der Waals surface area contributed by atoms with Gasteiger partial charge in [-0.05, 0) is 43.6 Å². The smallest absolute Gasteiger partial charge is 0.224 e. The average molecular weight is 347 g/mol. The average Bonchev–Trinajstić information content (AvgIpc) is 2.49. The minimum Gasteiger partial charge on any atom is -0.384 e. The van der Waals surface area contributed by atoms with Crippen LogP contribution in [-0.2, 0) is 16.0 Å². The molecule has 1 saturated heterocycles. The lowest BCUT2D eigenvalue weighted by atomic mass is 9.79. The normalized spacial score (nSPS) is 16.6. The molecule has 2 rings (SSSR count). The molecule has 0 aromatic heterocycles. The molecule has 1 aliphatic heterocycles. The zero-order valence-corrected chi connectivity index (χ0v) is 14.4. The molecule has 1 fully saturated rings. The first-order chi connectivity index (χ1) is 10.1. The van der Waals surface area contributed by atoms with Crippen LogP contribution in [0.4, 0.5) is 0 Å². The standard InChI is InChI=1S/C16H23ClN2O2.ClH/c1-21-12-16(6-8-18-9-7-16)11-19-15(20)10-13-2-4-14(17)5-3-13;/h2-5,18H,6-12H2,1H3,(H,19,20);1H. The van der Waals surface area contributed by atoms with Crippen molar-refractivity contribution >= 4 is 29.9 Å². The summed E-state index contributed by atoms with van der Waals surface area (Å²) in [6.07, 6.45) is 2.45. The van der Waals surface area contributed by atoms with Crippen LogP contribution in [0.5, 0.6) is 0 Å². The van der Waals surface area contributed by atoms with Crippen LogP contribution < -0.4 is 10.6 Å². The molecule has 0 radical (unpaired) electrons. The number of nitrogens with one attached hydrogen (secondary N) is 2. The summed E-state index contributed by atoms with van der Waals surface area (Å²) in [5.74, 6) is 0.0475. The second kappa shape index (κ2) is 9.36. The fourth-order valence-corrected chi connectivity index (χ4v) is 2.90. The van der Waals surface area contributed by atoms with E-state index in [1.165, 1.54) is 0 Å². The second-order valence-corrected chi connectivity index (χ2v) is 6.20. The molecule has 0 bridgehead atoms. The van der Waals surface area contributed by atoms with E-state index in [4.69, 9.17) is 16.3 Å². The van der Waals surface area contributed by atoms with Gasteiger partial charge in [-0.25, -0.2) is 0 Å². The molecular weight excluding hydrogens is 323 g/mol. The van der Waals surface area contributed by atoms with E-state index in [-0.39, 0.29) is 23.7 Å². The van der Waals surface area contributed by atoms with Crippen molar-refractivity contribution in [2.75, 3.05) is 33.4 Å². The molecular formula is C16H24Cl2N2O2. The van der Waals surface area contributed by atoms with Gasteiger partial charge in [-0.3, -0.25) is 4.79 Å². The van der Waals surface area contributed by atoms with Crippen molar-refractivity contribution in [3.63, 3.8) is 0 Å². The van der Waals surface area contributed by atoms with Crippen LogP contribution in [0.3, 0.4) is 0 Å². The Morgan fingerprint density at radius 1 is 1.32 bits per heavy atom. The van der Waals surface area contributed by atoms with Gasteiger partial charge in [-0.15, -0.1) is 12.4 Å². The Kier molecular flexibility index (Phi) is 8.18. The van der Waals surface area contributed by atoms with Crippen LogP contribution in [0, 0.1) is 5.41 Å². The Labute approximate surface area is 143 Å². The molecule has 1 amide bonds. The first-order valence-corrected chi connectivity index (χ1v) is 7.72. The maximum absolute atomic E-state index is 12.1. The van der Waals surface area contributed by atoms with Gasteiger partial charge in [0.2, 0.25) is 5.91 Å². The maximum Gasteiger partial charge on any atom is 0.224 e. The van der Waals surface area contributed by atoms with E-state index in [9.17, 15) is 4.79 Å². The van der Waals surface area contributed by atoms with E-state index in [1.54, 1.807) is 7.11 Å². The van der Waals surface area contributed by atoms with Crippen molar-refractivity contribution in [1.29, 1.82) is 0 Å². The molecule has 0 unspecified atom stereocenters. The van der Waals surface area contributed by atoms with Crippen LogP contribution in [0.2, 0.25) is 5.02 Å². The molecule has 1 aliphatic rings. The highest BCUT2D eigenvalue weighted by Crippen LogP contribution is 2.28. The summed E-state index contributed by atoms with van der Waals surface area (Å²) in [5.41, 5.74) is 1.04. The predicted octanol–water partition coefficient (Wildman–Crippen LogP) is 2.44. The van der Waals surface area contributed by atoms with Gasteiger partial charge < -0.3 is 15.4 Å². The number of carbonyl (C=O) groups is 1. The van der Waals surface area contributed by atoms with Crippen molar-refractivity contribution in [3.8, 4) is 0 Å². The Morgan fingerprint density at radius 2 is 1.95 bits per heavy atom. The highest BCUT2D eigenvalue weighted by molar-refractivity contribution is 6.30. The first-order valence-electron chi connectivity index (χ1n) is 7.34. The molecule has 0 saturated carbocycles. The van der Waals surface area contributed by atoms with Gasteiger partial charge in [0.25, 0.3) is 0 Å². The van der Waals surface area contributed by atoms with Crippen LogP contribution in [-0.4, -0.2) is 39.3 Å². The van der Waals surface area contributed by atoms with Crippen LogP contribution in [0.15, 0.2) is 24.3 Å². The highest BCUT2D eigenvalue weighted by Gasteiger charge is 2.32. The number of carbonyl (C=O) groups excluding carboxylic acids is 1.